The Balaban J connectivity index is 1.48. The van der Waals surface area contributed by atoms with E-state index in [1.165, 1.54) is 4.31 Å². The summed E-state index contributed by atoms with van der Waals surface area (Å²) >= 11 is 1.63. The van der Waals surface area contributed by atoms with Gasteiger partial charge in [-0.15, -0.1) is 11.3 Å². The summed E-state index contributed by atoms with van der Waals surface area (Å²) in [5.74, 6) is -0.396. The minimum absolute atomic E-state index is 0.112. The number of aryl methyl sites for hydroxylation is 1. The average molecular weight is 496 g/mol. The molecule has 176 valence electrons. The number of fused-ring (bicyclic) bond motifs is 1. The second kappa shape index (κ2) is 9.28. The number of amides is 1. The SMILES string of the molecule is Cc1cc(C(=O)Nc2ccccc2S(=O)(=O)N2CCCCC2)c2cnn(Cc3cccs3)c2n1. The van der Waals surface area contributed by atoms with E-state index in [0.717, 1.165) is 24.1 Å². The summed E-state index contributed by atoms with van der Waals surface area (Å²) < 4.78 is 29.9. The Labute approximate surface area is 202 Å². The summed E-state index contributed by atoms with van der Waals surface area (Å²) in [4.78, 5) is 19.2. The molecule has 0 unspecified atom stereocenters. The van der Waals surface area contributed by atoms with Crippen LogP contribution in [-0.2, 0) is 16.6 Å². The van der Waals surface area contributed by atoms with Crippen LogP contribution in [0.2, 0.25) is 0 Å². The summed E-state index contributed by atoms with van der Waals surface area (Å²) in [5, 5.41) is 9.93. The maximum Gasteiger partial charge on any atom is 0.256 e. The van der Waals surface area contributed by atoms with Crippen molar-refractivity contribution < 1.29 is 13.2 Å². The number of para-hydroxylation sites is 1. The van der Waals surface area contributed by atoms with Gasteiger partial charge in [-0.25, -0.2) is 18.1 Å². The van der Waals surface area contributed by atoms with Gasteiger partial charge in [-0.2, -0.15) is 9.40 Å². The molecule has 3 aromatic heterocycles. The molecule has 1 saturated heterocycles. The molecule has 10 heteroatoms. The molecule has 1 aliphatic heterocycles. The van der Waals surface area contributed by atoms with Crippen molar-refractivity contribution in [3.8, 4) is 0 Å². The van der Waals surface area contributed by atoms with Crippen LogP contribution in [-0.4, -0.2) is 46.5 Å². The first-order valence-electron chi connectivity index (χ1n) is 11.2. The molecule has 1 fully saturated rings. The molecule has 5 rings (SSSR count). The smallest absolute Gasteiger partial charge is 0.256 e. The maximum atomic E-state index is 13.4. The highest BCUT2D eigenvalue weighted by atomic mass is 32.2. The Kier molecular flexibility index (Phi) is 6.20. The van der Waals surface area contributed by atoms with Crippen LogP contribution in [0.5, 0.6) is 0 Å². The van der Waals surface area contributed by atoms with Crippen LogP contribution >= 0.6 is 11.3 Å². The molecular weight excluding hydrogens is 470 g/mol. The first-order valence-corrected chi connectivity index (χ1v) is 13.5. The van der Waals surface area contributed by atoms with Crippen molar-refractivity contribution >= 4 is 44.0 Å². The Bertz CT molecular complexity index is 1440. The summed E-state index contributed by atoms with van der Waals surface area (Å²) in [7, 11) is -3.71. The Morgan fingerprint density at radius 3 is 2.68 bits per heavy atom. The van der Waals surface area contributed by atoms with E-state index in [1.807, 2.05) is 24.4 Å². The standard InChI is InChI=1S/C24H25N5O3S2/c1-17-14-19(20-15-25-29(23(20)26-17)16-18-8-7-13-33-18)24(30)27-21-9-3-4-10-22(21)34(31,32)28-11-5-2-6-12-28/h3-4,7-10,13-15H,2,5-6,11-12,16H2,1H3,(H,27,30). The first kappa shape index (κ1) is 22.7. The number of carbonyl (C=O) groups excluding carboxylic acids is 1. The highest BCUT2D eigenvalue weighted by Gasteiger charge is 2.29. The highest BCUT2D eigenvalue weighted by molar-refractivity contribution is 7.89. The number of sulfonamides is 1. The molecule has 1 amide bonds. The fourth-order valence-corrected chi connectivity index (χ4v) is 6.61. The molecule has 1 aromatic carbocycles. The van der Waals surface area contributed by atoms with Gasteiger partial charge in [0, 0.05) is 23.7 Å². The lowest BCUT2D eigenvalue weighted by molar-refractivity contribution is 0.102. The van der Waals surface area contributed by atoms with E-state index < -0.39 is 15.9 Å². The van der Waals surface area contributed by atoms with Crippen molar-refractivity contribution in [3.05, 3.63) is 70.2 Å². The monoisotopic (exact) mass is 495 g/mol. The van der Waals surface area contributed by atoms with Crippen molar-refractivity contribution in [3.63, 3.8) is 0 Å². The van der Waals surface area contributed by atoms with Crippen molar-refractivity contribution in [2.45, 2.75) is 37.6 Å². The van der Waals surface area contributed by atoms with Crippen LogP contribution in [0, 0.1) is 6.92 Å². The van der Waals surface area contributed by atoms with Gasteiger partial charge < -0.3 is 5.32 Å². The number of piperidine rings is 1. The summed E-state index contributed by atoms with van der Waals surface area (Å²) in [6, 6.07) is 12.3. The number of nitrogens with zero attached hydrogens (tertiary/aromatic N) is 4. The molecule has 4 heterocycles. The number of hydrogen-bond acceptors (Lipinski definition) is 6. The van der Waals surface area contributed by atoms with Gasteiger partial charge in [-0.05, 0) is 49.4 Å². The minimum Gasteiger partial charge on any atom is -0.321 e. The second-order valence-electron chi connectivity index (χ2n) is 8.35. The highest BCUT2D eigenvalue weighted by Crippen LogP contribution is 2.28. The van der Waals surface area contributed by atoms with E-state index in [4.69, 9.17) is 0 Å². The fourth-order valence-electron chi connectivity index (χ4n) is 4.26. The molecule has 0 bridgehead atoms. The topological polar surface area (TPSA) is 97.2 Å². The van der Waals surface area contributed by atoms with Crippen molar-refractivity contribution in [2.75, 3.05) is 18.4 Å². The predicted molar refractivity (Wildman–Crippen MR) is 133 cm³/mol. The Morgan fingerprint density at radius 2 is 1.91 bits per heavy atom. The average Bonchev–Trinajstić information content (AvgIpc) is 3.50. The molecule has 1 aliphatic rings. The molecule has 0 spiro atoms. The molecule has 0 aliphatic carbocycles. The molecule has 0 atom stereocenters. The molecule has 34 heavy (non-hydrogen) atoms. The van der Waals surface area contributed by atoms with Gasteiger partial charge in [-0.1, -0.05) is 24.6 Å². The van der Waals surface area contributed by atoms with Crippen molar-refractivity contribution in [2.24, 2.45) is 0 Å². The zero-order valence-electron chi connectivity index (χ0n) is 18.8. The van der Waals surface area contributed by atoms with E-state index >= 15 is 0 Å². The number of thiophene rings is 1. The zero-order chi connectivity index (χ0) is 23.7. The Hall–Kier alpha value is -3.08. The molecular formula is C24H25N5O3S2. The van der Waals surface area contributed by atoms with Gasteiger partial charge in [0.2, 0.25) is 10.0 Å². The second-order valence-corrected chi connectivity index (χ2v) is 11.3. The van der Waals surface area contributed by atoms with Crippen LogP contribution in [0.15, 0.2) is 58.9 Å². The first-order chi connectivity index (χ1) is 16.4. The molecule has 4 aromatic rings. The normalized spacial score (nSPS) is 15.0. The number of nitrogens with one attached hydrogen (secondary N) is 1. The third-order valence-electron chi connectivity index (χ3n) is 5.94. The maximum absolute atomic E-state index is 13.4. The molecule has 8 nitrogen and oxygen atoms in total. The van der Waals surface area contributed by atoms with Crippen LogP contribution < -0.4 is 5.32 Å². The fraction of sp³-hybridized carbons (Fsp3) is 0.292. The number of rotatable bonds is 6. The molecule has 1 N–H and O–H groups in total. The van der Waals surface area contributed by atoms with Gasteiger partial charge in [-0.3, -0.25) is 4.79 Å². The van der Waals surface area contributed by atoms with Gasteiger partial charge in [0.05, 0.1) is 29.4 Å². The minimum atomic E-state index is -3.71. The number of aromatic nitrogens is 3. The number of pyridine rings is 1. The molecule has 0 saturated carbocycles. The van der Waals surface area contributed by atoms with Crippen LogP contribution in [0.3, 0.4) is 0 Å². The lowest BCUT2D eigenvalue weighted by Gasteiger charge is -2.26. The van der Waals surface area contributed by atoms with E-state index in [-0.39, 0.29) is 10.6 Å². The van der Waals surface area contributed by atoms with E-state index in [2.05, 4.69) is 15.4 Å². The van der Waals surface area contributed by atoms with Crippen molar-refractivity contribution in [1.82, 2.24) is 19.1 Å². The predicted octanol–water partition coefficient (Wildman–Crippen LogP) is 4.28. The number of hydrogen-bond donors (Lipinski definition) is 1. The largest absolute Gasteiger partial charge is 0.321 e. The lowest BCUT2D eigenvalue weighted by atomic mass is 10.1. The zero-order valence-corrected chi connectivity index (χ0v) is 20.4. The summed E-state index contributed by atoms with van der Waals surface area (Å²) in [6.45, 7) is 3.39. The number of benzene rings is 1. The quantitative estimate of drug-likeness (QED) is 0.431. The van der Waals surface area contributed by atoms with Crippen molar-refractivity contribution in [1.29, 1.82) is 0 Å². The summed E-state index contributed by atoms with van der Waals surface area (Å²) in [6.07, 6.45) is 4.36. The third-order valence-corrected chi connectivity index (χ3v) is 8.75. The number of carbonyl (C=O) groups is 1. The van der Waals surface area contributed by atoms with Crippen LogP contribution in [0.25, 0.3) is 11.0 Å². The van der Waals surface area contributed by atoms with E-state index in [1.54, 1.807) is 52.5 Å². The Morgan fingerprint density at radius 1 is 1.12 bits per heavy atom. The molecule has 0 radical (unpaired) electrons. The van der Waals surface area contributed by atoms with E-state index in [0.29, 0.717) is 41.9 Å². The summed E-state index contributed by atoms with van der Waals surface area (Å²) in [5.41, 5.74) is 1.98. The van der Waals surface area contributed by atoms with Gasteiger partial charge >= 0.3 is 0 Å². The van der Waals surface area contributed by atoms with Gasteiger partial charge in [0.15, 0.2) is 5.65 Å². The van der Waals surface area contributed by atoms with E-state index in [9.17, 15) is 13.2 Å². The van der Waals surface area contributed by atoms with Gasteiger partial charge in [0.1, 0.15) is 4.90 Å². The van der Waals surface area contributed by atoms with Gasteiger partial charge in [0.25, 0.3) is 5.91 Å². The van der Waals surface area contributed by atoms with Crippen LogP contribution in [0.1, 0.15) is 40.2 Å². The third kappa shape index (κ3) is 4.36. The number of anilines is 1. The van der Waals surface area contributed by atoms with Crippen LogP contribution in [0.4, 0.5) is 5.69 Å². The lowest BCUT2D eigenvalue weighted by Crippen LogP contribution is -2.36.